The van der Waals surface area contributed by atoms with E-state index in [2.05, 4.69) is 18.5 Å². The monoisotopic (exact) mass is 653 g/mol. The van der Waals surface area contributed by atoms with Crippen molar-refractivity contribution < 1.29 is 42.9 Å². The molecule has 250 valence electrons. The van der Waals surface area contributed by atoms with E-state index in [0.717, 1.165) is 36.1 Å². The van der Waals surface area contributed by atoms with Gasteiger partial charge in [-0.25, -0.2) is 14.4 Å². The molecule has 0 saturated carbocycles. The smallest absolute Gasteiger partial charge is 0.336 e. The van der Waals surface area contributed by atoms with Gasteiger partial charge in [-0.3, -0.25) is 4.79 Å². The van der Waals surface area contributed by atoms with Crippen molar-refractivity contribution in [3.8, 4) is 17.2 Å². The minimum Gasteiger partial charge on any atom is -0.494 e. The Morgan fingerprint density at radius 2 is 0.979 bits per heavy atom. The molecule has 0 unspecified atom stereocenters. The van der Waals surface area contributed by atoms with Crippen molar-refractivity contribution >= 4 is 41.7 Å². The van der Waals surface area contributed by atoms with Gasteiger partial charge in [-0.1, -0.05) is 37.4 Å². The molecule has 0 aliphatic carbocycles. The highest BCUT2D eigenvalue weighted by Crippen LogP contribution is 2.18. The molecule has 48 heavy (non-hydrogen) atoms. The number of benzene rings is 3. The van der Waals surface area contributed by atoms with E-state index in [0.29, 0.717) is 62.2 Å². The molecular weight excluding hydrogens is 614 g/mol. The van der Waals surface area contributed by atoms with Crippen LogP contribution in [0.3, 0.4) is 0 Å². The number of carbonyl (C=O) groups is 4. The van der Waals surface area contributed by atoms with Crippen LogP contribution in [-0.4, -0.2) is 50.2 Å². The first-order valence-electron chi connectivity index (χ1n) is 15.4. The van der Waals surface area contributed by atoms with Crippen molar-refractivity contribution in [1.29, 1.82) is 0 Å². The lowest BCUT2D eigenvalue weighted by molar-refractivity contribution is -0.138. The molecule has 0 aliphatic heterocycles. The molecule has 0 heterocycles. The average Bonchev–Trinajstić information content (AvgIpc) is 3.11. The zero-order chi connectivity index (χ0) is 34.4. The Labute approximate surface area is 280 Å². The van der Waals surface area contributed by atoms with E-state index in [4.69, 9.17) is 23.7 Å². The van der Waals surface area contributed by atoms with Crippen LogP contribution in [0, 0.1) is 0 Å². The van der Waals surface area contributed by atoms with Gasteiger partial charge in [0.1, 0.15) is 17.2 Å². The van der Waals surface area contributed by atoms with Crippen molar-refractivity contribution in [3.63, 3.8) is 0 Å². The molecule has 3 aromatic carbocycles. The van der Waals surface area contributed by atoms with Crippen LogP contribution in [0.25, 0.3) is 12.2 Å². The van der Waals surface area contributed by atoms with Crippen LogP contribution in [0.15, 0.2) is 110 Å². The Kier molecular flexibility index (Phi) is 16.0. The minimum atomic E-state index is -0.546. The molecule has 0 radical (unpaired) electrons. The average molecular weight is 654 g/mol. The van der Waals surface area contributed by atoms with Gasteiger partial charge in [-0.2, -0.15) is 0 Å². The number of ether oxygens (including phenoxy) is 5. The van der Waals surface area contributed by atoms with Gasteiger partial charge in [-0.05, 0) is 97.5 Å². The maximum absolute atomic E-state index is 12.4. The highest BCUT2D eigenvalue weighted by atomic mass is 16.5. The summed E-state index contributed by atoms with van der Waals surface area (Å²) in [5, 5.41) is 2.77. The fourth-order valence-corrected chi connectivity index (χ4v) is 3.88. The van der Waals surface area contributed by atoms with Gasteiger partial charge in [0.2, 0.25) is 5.91 Å². The fourth-order valence-electron chi connectivity index (χ4n) is 3.88. The topological polar surface area (TPSA) is 126 Å². The summed E-state index contributed by atoms with van der Waals surface area (Å²) < 4.78 is 26.5. The molecule has 0 atom stereocenters. The molecule has 0 bridgehead atoms. The Bertz CT molecular complexity index is 1440. The van der Waals surface area contributed by atoms with Crippen LogP contribution in [0.2, 0.25) is 0 Å². The summed E-state index contributed by atoms with van der Waals surface area (Å²) in [4.78, 5) is 46.7. The van der Waals surface area contributed by atoms with E-state index in [-0.39, 0.29) is 5.91 Å². The van der Waals surface area contributed by atoms with Crippen molar-refractivity contribution in [2.24, 2.45) is 0 Å². The van der Waals surface area contributed by atoms with Gasteiger partial charge in [0, 0.05) is 30.0 Å². The molecule has 0 fully saturated rings. The Morgan fingerprint density at radius 3 is 1.46 bits per heavy atom. The molecule has 1 N–H and O–H groups in total. The Morgan fingerprint density at radius 1 is 0.542 bits per heavy atom. The summed E-state index contributed by atoms with van der Waals surface area (Å²) in [6.45, 7) is 8.32. The molecular formula is C38H39NO9. The number of hydrogen-bond acceptors (Lipinski definition) is 9. The maximum atomic E-state index is 12.4. The molecule has 10 nitrogen and oxygen atoms in total. The third-order valence-corrected chi connectivity index (χ3v) is 6.38. The normalized spacial score (nSPS) is 10.7. The second-order valence-electron chi connectivity index (χ2n) is 10.1. The zero-order valence-electron chi connectivity index (χ0n) is 26.6. The molecule has 10 heteroatoms. The first-order chi connectivity index (χ1) is 23.3. The van der Waals surface area contributed by atoms with Crippen molar-refractivity contribution in [3.05, 3.63) is 121 Å². The predicted molar refractivity (Wildman–Crippen MR) is 183 cm³/mol. The summed E-state index contributed by atoms with van der Waals surface area (Å²) in [5.74, 6) is -0.00589. The molecule has 3 rings (SSSR count). The molecule has 3 aromatic rings. The van der Waals surface area contributed by atoms with Crippen LogP contribution in [0.4, 0.5) is 5.69 Å². The van der Waals surface area contributed by atoms with Gasteiger partial charge >= 0.3 is 17.9 Å². The largest absolute Gasteiger partial charge is 0.494 e. The third-order valence-electron chi connectivity index (χ3n) is 6.38. The highest BCUT2D eigenvalue weighted by Gasteiger charge is 2.04. The number of amides is 1. The first kappa shape index (κ1) is 36.6. The van der Waals surface area contributed by atoms with Gasteiger partial charge in [-0.15, -0.1) is 0 Å². The molecule has 1 amide bonds. The Hall–Kier alpha value is -5.90. The SMILES string of the molecule is C=CC(=O)OCCCCOc1ccc(/C=C/C(=O)Nc2ccc(OC(=O)/C=C/c3ccc(OCCCCOC(=O)C=C)cc3)cc2)cc1. The highest BCUT2D eigenvalue weighted by molar-refractivity contribution is 6.02. The van der Waals surface area contributed by atoms with E-state index < -0.39 is 17.9 Å². The lowest BCUT2D eigenvalue weighted by atomic mass is 10.2. The zero-order valence-corrected chi connectivity index (χ0v) is 26.6. The van der Waals surface area contributed by atoms with E-state index in [1.165, 1.54) is 12.2 Å². The van der Waals surface area contributed by atoms with Gasteiger partial charge in [0.25, 0.3) is 0 Å². The lowest BCUT2D eigenvalue weighted by Crippen LogP contribution is -2.08. The van der Waals surface area contributed by atoms with E-state index in [1.54, 1.807) is 48.6 Å². The number of carbonyl (C=O) groups excluding carboxylic acids is 4. The maximum Gasteiger partial charge on any atom is 0.336 e. The third kappa shape index (κ3) is 14.9. The fraction of sp³-hybridized carbons (Fsp3) is 0.211. The summed E-state index contributed by atoms with van der Waals surface area (Å²) in [7, 11) is 0. The van der Waals surface area contributed by atoms with Crippen LogP contribution >= 0.6 is 0 Å². The second-order valence-corrected chi connectivity index (χ2v) is 10.1. The number of rotatable bonds is 20. The van der Waals surface area contributed by atoms with Crippen LogP contribution in [0.1, 0.15) is 36.8 Å². The van der Waals surface area contributed by atoms with E-state index >= 15 is 0 Å². The van der Waals surface area contributed by atoms with Crippen LogP contribution in [-0.2, 0) is 28.7 Å². The molecule has 0 aromatic heterocycles. The van der Waals surface area contributed by atoms with Crippen molar-refractivity contribution in [2.75, 3.05) is 31.7 Å². The summed E-state index contributed by atoms with van der Waals surface area (Å²) in [5.41, 5.74) is 2.16. The van der Waals surface area contributed by atoms with E-state index in [9.17, 15) is 19.2 Å². The van der Waals surface area contributed by atoms with Gasteiger partial charge in [0.05, 0.1) is 26.4 Å². The first-order valence-corrected chi connectivity index (χ1v) is 15.4. The van der Waals surface area contributed by atoms with E-state index in [1.807, 2.05) is 36.4 Å². The van der Waals surface area contributed by atoms with Crippen LogP contribution in [0.5, 0.6) is 17.2 Å². The standard InChI is InChI=1S/C38H39NO9/c1-3-36(41)46-27-7-5-25-44-32-17-9-29(10-18-32)13-23-35(40)39-31-15-21-34(22-16-31)48-38(43)24-14-30-11-19-33(20-12-30)45-26-6-8-28-47-37(42)4-2/h3-4,9-24H,1-2,5-8,25-28H2,(H,39,40)/b23-13+,24-14+. The number of hydrogen-bond donors (Lipinski definition) is 1. The van der Waals surface area contributed by atoms with Crippen molar-refractivity contribution in [2.45, 2.75) is 25.7 Å². The van der Waals surface area contributed by atoms with Gasteiger partial charge in [0.15, 0.2) is 0 Å². The summed E-state index contributed by atoms with van der Waals surface area (Å²) >= 11 is 0. The summed E-state index contributed by atoms with van der Waals surface area (Å²) in [6.07, 6.45) is 11.2. The second kappa shape index (κ2) is 21.0. The summed E-state index contributed by atoms with van der Waals surface area (Å²) in [6, 6.07) is 21.0. The number of esters is 3. The van der Waals surface area contributed by atoms with Crippen molar-refractivity contribution in [1.82, 2.24) is 0 Å². The predicted octanol–water partition coefficient (Wildman–Crippen LogP) is 6.73. The minimum absolute atomic E-state index is 0.317. The number of anilines is 1. The lowest BCUT2D eigenvalue weighted by Gasteiger charge is -2.07. The van der Waals surface area contributed by atoms with Gasteiger partial charge < -0.3 is 29.0 Å². The Balaban J connectivity index is 1.33. The molecule has 0 spiro atoms. The van der Waals surface area contributed by atoms with Crippen LogP contribution < -0.4 is 19.5 Å². The number of nitrogens with one attached hydrogen (secondary N) is 1. The molecule has 0 saturated heterocycles. The molecule has 0 aliphatic rings. The quantitative estimate of drug-likeness (QED) is 0.0611. The number of unbranched alkanes of at least 4 members (excludes halogenated alkanes) is 2.